The van der Waals surface area contributed by atoms with Crippen LogP contribution in [-0.2, 0) is 9.16 Å². The van der Waals surface area contributed by atoms with Gasteiger partial charge in [-0.2, -0.15) is 0 Å². The minimum Gasteiger partial charge on any atom is -0.444 e. The van der Waals surface area contributed by atoms with Crippen LogP contribution in [0.2, 0.25) is 18.1 Å². The number of hydrogen-bond acceptors (Lipinski definition) is 4. The van der Waals surface area contributed by atoms with Gasteiger partial charge in [0.1, 0.15) is 5.60 Å². The second-order valence-corrected chi connectivity index (χ2v) is 13.3. The summed E-state index contributed by atoms with van der Waals surface area (Å²) in [6, 6.07) is 0. The summed E-state index contributed by atoms with van der Waals surface area (Å²) in [5.74, 6) is 0. The molecule has 5 nitrogen and oxygen atoms in total. The van der Waals surface area contributed by atoms with Crippen molar-refractivity contribution < 1.29 is 14.0 Å². The van der Waals surface area contributed by atoms with Crippen molar-refractivity contribution in [2.45, 2.75) is 71.7 Å². The van der Waals surface area contributed by atoms with Gasteiger partial charge in [-0.1, -0.05) is 20.8 Å². The molecule has 138 valence electrons. The molecule has 0 saturated heterocycles. The van der Waals surface area contributed by atoms with E-state index < -0.39 is 13.9 Å². The van der Waals surface area contributed by atoms with Crippen LogP contribution in [0.1, 0.15) is 48.0 Å². The number of hydrogen-bond donors (Lipinski definition) is 1. The lowest BCUT2D eigenvalue weighted by Gasteiger charge is -2.36. The predicted octanol–water partition coefficient (Wildman–Crippen LogP) is 3.85. The van der Waals surface area contributed by atoms with Gasteiger partial charge in [0.25, 0.3) is 0 Å². The summed E-state index contributed by atoms with van der Waals surface area (Å²) in [6.07, 6.45) is 0.579. The lowest BCUT2D eigenvalue weighted by atomic mass is 10.2. The molecule has 0 radical (unpaired) electrons. The van der Waals surface area contributed by atoms with Crippen LogP contribution in [0, 0.1) is 0 Å². The molecule has 0 fully saturated rings. The first kappa shape index (κ1) is 22.4. The molecule has 0 rings (SSSR count). The molecule has 1 N–H and O–H groups in total. The van der Waals surface area contributed by atoms with E-state index in [0.29, 0.717) is 19.7 Å². The molecular formula is C17H38N2O3Si. The fourth-order valence-electron chi connectivity index (χ4n) is 1.67. The molecule has 1 amide bonds. The first-order valence-electron chi connectivity index (χ1n) is 8.56. The van der Waals surface area contributed by atoms with E-state index in [1.54, 1.807) is 4.90 Å². The standard InChI is InChI=1S/C17H38N2O3Si/c1-16(2,3)22-15(20)19(13-11-18-7)12-10-14-21-23(8,9)17(4,5)6/h18H,10-14H2,1-9H3. The van der Waals surface area contributed by atoms with Gasteiger partial charge in [-0.25, -0.2) is 4.79 Å². The second kappa shape index (κ2) is 9.04. The normalized spacial score (nSPS) is 13.1. The highest BCUT2D eigenvalue weighted by Crippen LogP contribution is 2.36. The Balaban J connectivity index is 4.44. The maximum atomic E-state index is 12.3. The van der Waals surface area contributed by atoms with Gasteiger partial charge in [-0.3, -0.25) is 0 Å². The molecule has 0 spiro atoms. The van der Waals surface area contributed by atoms with Gasteiger partial charge in [-0.15, -0.1) is 0 Å². The SMILES string of the molecule is CNCCN(CCCO[Si](C)(C)C(C)(C)C)C(=O)OC(C)(C)C. The average Bonchev–Trinajstić information content (AvgIpc) is 2.34. The average molecular weight is 347 g/mol. The lowest BCUT2D eigenvalue weighted by Crippen LogP contribution is -2.43. The fourth-order valence-corrected chi connectivity index (χ4v) is 2.75. The third kappa shape index (κ3) is 9.32. The zero-order valence-corrected chi connectivity index (χ0v) is 17.7. The van der Waals surface area contributed by atoms with E-state index in [9.17, 15) is 4.79 Å². The molecule has 0 bridgehead atoms. The molecule has 0 aromatic carbocycles. The molecule has 0 aliphatic heterocycles. The summed E-state index contributed by atoms with van der Waals surface area (Å²) in [4.78, 5) is 14.0. The van der Waals surface area contributed by atoms with E-state index in [4.69, 9.17) is 9.16 Å². The van der Waals surface area contributed by atoms with Crippen molar-refractivity contribution in [1.29, 1.82) is 0 Å². The van der Waals surface area contributed by atoms with Gasteiger partial charge in [0.05, 0.1) is 0 Å². The number of nitrogens with zero attached hydrogens (tertiary/aromatic N) is 1. The Morgan fingerprint density at radius 3 is 2.09 bits per heavy atom. The van der Waals surface area contributed by atoms with Crippen LogP contribution in [0.25, 0.3) is 0 Å². The molecule has 0 aliphatic carbocycles. The summed E-state index contributed by atoms with van der Waals surface area (Å²) in [5, 5.41) is 3.29. The van der Waals surface area contributed by atoms with Crippen LogP contribution in [-0.4, -0.2) is 58.2 Å². The van der Waals surface area contributed by atoms with Gasteiger partial charge in [0, 0.05) is 26.2 Å². The maximum Gasteiger partial charge on any atom is 0.410 e. The van der Waals surface area contributed by atoms with Gasteiger partial charge in [0.2, 0.25) is 0 Å². The lowest BCUT2D eigenvalue weighted by molar-refractivity contribution is 0.0244. The molecule has 23 heavy (non-hydrogen) atoms. The zero-order chi connectivity index (χ0) is 18.3. The van der Waals surface area contributed by atoms with Crippen molar-refractivity contribution in [3.05, 3.63) is 0 Å². The number of amides is 1. The molecule has 0 aromatic heterocycles. The number of rotatable bonds is 8. The highest BCUT2D eigenvalue weighted by atomic mass is 28.4. The summed E-state index contributed by atoms with van der Waals surface area (Å²) in [5.41, 5.74) is -0.466. The van der Waals surface area contributed by atoms with E-state index in [0.717, 1.165) is 13.0 Å². The first-order valence-corrected chi connectivity index (χ1v) is 11.5. The fraction of sp³-hybridized carbons (Fsp3) is 0.941. The van der Waals surface area contributed by atoms with E-state index >= 15 is 0 Å². The minimum atomic E-state index is -1.71. The van der Waals surface area contributed by atoms with Crippen molar-refractivity contribution >= 4 is 14.4 Å². The summed E-state index contributed by atoms with van der Waals surface area (Å²) in [6.45, 7) is 19.6. The van der Waals surface area contributed by atoms with E-state index in [1.807, 2.05) is 27.8 Å². The monoisotopic (exact) mass is 346 g/mol. The third-order valence-electron chi connectivity index (χ3n) is 4.12. The molecular weight excluding hydrogens is 308 g/mol. The van der Waals surface area contributed by atoms with Gasteiger partial charge in [0.15, 0.2) is 8.32 Å². The summed E-state index contributed by atoms with van der Waals surface area (Å²) < 4.78 is 11.7. The molecule has 0 atom stereocenters. The Morgan fingerprint density at radius 2 is 1.65 bits per heavy atom. The number of nitrogens with one attached hydrogen (secondary N) is 1. The van der Waals surface area contributed by atoms with Crippen LogP contribution in [0.3, 0.4) is 0 Å². The molecule has 0 heterocycles. The zero-order valence-electron chi connectivity index (χ0n) is 16.7. The second-order valence-electron chi connectivity index (χ2n) is 8.53. The van der Waals surface area contributed by atoms with Crippen LogP contribution >= 0.6 is 0 Å². The van der Waals surface area contributed by atoms with Crippen LogP contribution in [0.15, 0.2) is 0 Å². The molecule has 0 saturated carbocycles. The number of carbonyl (C=O) groups is 1. The maximum absolute atomic E-state index is 12.3. The Hall–Kier alpha value is -0.593. The predicted molar refractivity (Wildman–Crippen MR) is 99.5 cm³/mol. The number of carbonyl (C=O) groups excluding carboxylic acids is 1. The van der Waals surface area contributed by atoms with Gasteiger partial charge >= 0.3 is 6.09 Å². The largest absolute Gasteiger partial charge is 0.444 e. The van der Waals surface area contributed by atoms with Crippen molar-refractivity contribution in [2.24, 2.45) is 0 Å². The minimum absolute atomic E-state index is 0.212. The summed E-state index contributed by atoms with van der Waals surface area (Å²) >= 11 is 0. The Labute approximate surface area is 144 Å². The van der Waals surface area contributed by atoms with Crippen LogP contribution < -0.4 is 5.32 Å². The van der Waals surface area contributed by atoms with Gasteiger partial charge in [-0.05, 0) is 52.4 Å². The van der Waals surface area contributed by atoms with E-state index in [1.165, 1.54) is 0 Å². The van der Waals surface area contributed by atoms with Crippen molar-refractivity contribution in [3.63, 3.8) is 0 Å². The number of ether oxygens (including phenoxy) is 1. The first-order chi connectivity index (χ1) is 10.3. The Morgan fingerprint density at radius 1 is 1.09 bits per heavy atom. The quantitative estimate of drug-likeness (QED) is 0.536. The summed E-state index contributed by atoms with van der Waals surface area (Å²) in [7, 11) is 0.168. The topological polar surface area (TPSA) is 50.8 Å². The van der Waals surface area contributed by atoms with Crippen molar-refractivity contribution in [2.75, 3.05) is 33.3 Å². The number of likely N-dealkylation sites (N-methyl/N-ethyl adjacent to an activating group) is 1. The molecule has 0 unspecified atom stereocenters. The highest BCUT2D eigenvalue weighted by molar-refractivity contribution is 6.74. The highest BCUT2D eigenvalue weighted by Gasteiger charge is 2.36. The molecule has 0 aromatic rings. The van der Waals surface area contributed by atoms with E-state index in [-0.39, 0.29) is 11.1 Å². The van der Waals surface area contributed by atoms with Gasteiger partial charge < -0.3 is 19.4 Å². The molecule has 6 heteroatoms. The van der Waals surface area contributed by atoms with E-state index in [2.05, 4.69) is 39.2 Å². The Kier molecular flexibility index (Phi) is 8.80. The van der Waals surface area contributed by atoms with Crippen LogP contribution in [0.4, 0.5) is 4.79 Å². The smallest absolute Gasteiger partial charge is 0.410 e. The third-order valence-corrected chi connectivity index (χ3v) is 8.66. The van der Waals surface area contributed by atoms with Crippen molar-refractivity contribution in [1.82, 2.24) is 10.2 Å². The van der Waals surface area contributed by atoms with Crippen molar-refractivity contribution in [3.8, 4) is 0 Å². The van der Waals surface area contributed by atoms with Crippen LogP contribution in [0.5, 0.6) is 0 Å². The molecule has 0 aliphatic rings. The Bertz CT molecular complexity index is 360.